The highest BCUT2D eigenvalue weighted by Gasteiger charge is 2.04. The summed E-state index contributed by atoms with van der Waals surface area (Å²) in [5.41, 5.74) is 2.11. The van der Waals surface area contributed by atoms with Crippen molar-refractivity contribution in [2.24, 2.45) is 7.05 Å². The zero-order valence-electron chi connectivity index (χ0n) is 7.49. The Balaban J connectivity index is 2.86. The minimum Gasteiger partial charge on any atom is -0.200 e. The maximum Gasteiger partial charge on any atom is 0.212 e. The van der Waals surface area contributed by atoms with Crippen molar-refractivity contribution >= 4 is 10.9 Å². The average Bonchev–Trinajstić information content (AvgIpc) is 2.18. The SMILES string of the molecule is C#Cc1cc2ccccc2[n+](C)c1. The molecule has 0 spiro atoms. The maximum atomic E-state index is 5.35. The van der Waals surface area contributed by atoms with Crippen LogP contribution < -0.4 is 4.57 Å². The van der Waals surface area contributed by atoms with Crippen LogP contribution in [0.5, 0.6) is 0 Å². The molecule has 2 rings (SSSR count). The number of pyridine rings is 1. The molecular weight excluding hydrogens is 158 g/mol. The van der Waals surface area contributed by atoms with Crippen LogP contribution in [0.1, 0.15) is 5.56 Å². The van der Waals surface area contributed by atoms with Gasteiger partial charge >= 0.3 is 0 Å². The lowest BCUT2D eigenvalue weighted by Gasteiger charge is -1.96. The van der Waals surface area contributed by atoms with Crippen molar-refractivity contribution in [1.29, 1.82) is 0 Å². The van der Waals surface area contributed by atoms with Gasteiger partial charge in [-0.1, -0.05) is 18.1 Å². The Bertz CT molecular complexity index is 492. The van der Waals surface area contributed by atoms with E-state index in [-0.39, 0.29) is 0 Å². The van der Waals surface area contributed by atoms with E-state index in [1.807, 2.05) is 36.0 Å². The van der Waals surface area contributed by atoms with E-state index in [0.717, 1.165) is 5.56 Å². The molecule has 0 aliphatic heterocycles. The van der Waals surface area contributed by atoms with E-state index in [9.17, 15) is 0 Å². The van der Waals surface area contributed by atoms with Gasteiger partial charge in [-0.15, -0.1) is 6.42 Å². The Kier molecular flexibility index (Phi) is 1.75. The van der Waals surface area contributed by atoms with Gasteiger partial charge in [-0.3, -0.25) is 0 Å². The first-order valence-corrected chi connectivity index (χ1v) is 4.16. The van der Waals surface area contributed by atoms with Crippen LogP contribution in [0.4, 0.5) is 0 Å². The molecule has 0 amide bonds. The molecule has 0 aliphatic carbocycles. The molecule has 0 saturated carbocycles. The van der Waals surface area contributed by atoms with E-state index < -0.39 is 0 Å². The number of aromatic nitrogens is 1. The van der Waals surface area contributed by atoms with Gasteiger partial charge in [0.25, 0.3) is 0 Å². The molecular formula is C12H10N+. The first kappa shape index (κ1) is 7.82. The zero-order chi connectivity index (χ0) is 9.26. The van der Waals surface area contributed by atoms with Crippen molar-refractivity contribution in [3.63, 3.8) is 0 Å². The van der Waals surface area contributed by atoms with E-state index >= 15 is 0 Å². The van der Waals surface area contributed by atoms with E-state index in [1.165, 1.54) is 10.9 Å². The van der Waals surface area contributed by atoms with E-state index in [4.69, 9.17) is 6.42 Å². The van der Waals surface area contributed by atoms with Gasteiger partial charge in [0.1, 0.15) is 7.05 Å². The molecule has 0 radical (unpaired) electrons. The molecule has 2 aromatic rings. The van der Waals surface area contributed by atoms with Crippen LogP contribution in [0.2, 0.25) is 0 Å². The second-order valence-corrected chi connectivity index (χ2v) is 3.04. The van der Waals surface area contributed by atoms with Gasteiger partial charge in [-0.2, -0.15) is 4.57 Å². The lowest BCUT2D eigenvalue weighted by molar-refractivity contribution is -0.645. The number of para-hydroxylation sites is 1. The van der Waals surface area contributed by atoms with Gasteiger partial charge in [-0.05, 0) is 12.1 Å². The van der Waals surface area contributed by atoms with Crippen molar-refractivity contribution in [3.05, 3.63) is 42.1 Å². The number of fused-ring (bicyclic) bond motifs is 1. The largest absolute Gasteiger partial charge is 0.212 e. The van der Waals surface area contributed by atoms with Gasteiger partial charge in [0.15, 0.2) is 6.20 Å². The fraction of sp³-hybridized carbons (Fsp3) is 0.0833. The third kappa shape index (κ3) is 1.27. The molecule has 0 aliphatic rings. The summed E-state index contributed by atoms with van der Waals surface area (Å²) >= 11 is 0. The zero-order valence-corrected chi connectivity index (χ0v) is 7.49. The lowest BCUT2D eigenvalue weighted by atomic mass is 10.1. The molecule has 1 aromatic carbocycles. The molecule has 0 bridgehead atoms. The third-order valence-electron chi connectivity index (χ3n) is 2.13. The summed E-state index contributed by atoms with van der Waals surface area (Å²) in [6.07, 6.45) is 7.31. The third-order valence-corrected chi connectivity index (χ3v) is 2.13. The molecule has 0 fully saturated rings. The standard InChI is InChI=1S/C12H10N/c1-3-10-8-11-6-4-5-7-12(11)13(2)9-10/h1,4-9H,2H3/q+1. The van der Waals surface area contributed by atoms with Gasteiger partial charge in [-0.25, -0.2) is 0 Å². The number of aryl methyl sites for hydroxylation is 1. The summed E-state index contributed by atoms with van der Waals surface area (Å²) in [5, 5.41) is 1.18. The fourth-order valence-electron chi connectivity index (χ4n) is 1.49. The Labute approximate surface area is 77.6 Å². The fourth-order valence-corrected chi connectivity index (χ4v) is 1.49. The summed E-state index contributed by atoms with van der Waals surface area (Å²) < 4.78 is 2.05. The molecule has 1 nitrogen and oxygen atoms in total. The Hall–Kier alpha value is -1.81. The number of rotatable bonds is 0. The first-order chi connectivity index (χ1) is 6.31. The number of hydrogen-bond donors (Lipinski definition) is 0. The Morgan fingerprint density at radius 3 is 2.85 bits per heavy atom. The van der Waals surface area contributed by atoms with Crippen molar-refractivity contribution in [2.75, 3.05) is 0 Å². The highest BCUT2D eigenvalue weighted by Crippen LogP contribution is 2.09. The summed E-state index contributed by atoms with van der Waals surface area (Å²) in [7, 11) is 2.00. The minimum absolute atomic E-state index is 0.918. The molecule has 13 heavy (non-hydrogen) atoms. The molecule has 0 unspecified atom stereocenters. The van der Waals surface area contributed by atoms with Gasteiger partial charge in [0.2, 0.25) is 5.52 Å². The minimum atomic E-state index is 0.918. The Morgan fingerprint density at radius 1 is 1.31 bits per heavy atom. The highest BCUT2D eigenvalue weighted by atomic mass is 14.9. The van der Waals surface area contributed by atoms with Crippen molar-refractivity contribution in [2.45, 2.75) is 0 Å². The van der Waals surface area contributed by atoms with Gasteiger partial charge in [0.05, 0.1) is 5.56 Å². The molecule has 62 valence electrons. The molecule has 0 N–H and O–H groups in total. The maximum absolute atomic E-state index is 5.35. The van der Waals surface area contributed by atoms with Crippen molar-refractivity contribution in [3.8, 4) is 12.3 Å². The molecule has 0 saturated heterocycles. The van der Waals surface area contributed by atoms with Crippen LogP contribution in [-0.2, 0) is 7.05 Å². The van der Waals surface area contributed by atoms with Crippen LogP contribution in [0.3, 0.4) is 0 Å². The molecule has 0 atom stereocenters. The highest BCUT2D eigenvalue weighted by molar-refractivity contribution is 5.76. The van der Waals surface area contributed by atoms with Crippen LogP contribution in [0, 0.1) is 12.3 Å². The Morgan fingerprint density at radius 2 is 2.08 bits per heavy atom. The second-order valence-electron chi connectivity index (χ2n) is 3.04. The predicted octanol–water partition coefficient (Wildman–Crippen LogP) is 1.65. The van der Waals surface area contributed by atoms with Gasteiger partial charge in [0, 0.05) is 11.5 Å². The van der Waals surface area contributed by atoms with Gasteiger partial charge < -0.3 is 0 Å². The molecule has 1 heteroatoms. The topological polar surface area (TPSA) is 3.88 Å². The summed E-state index contributed by atoms with van der Waals surface area (Å²) in [6.45, 7) is 0. The average molecular weight is 168 g/mol. The number of nitrogens with zero attached hydrogens (tertiary/aromatic N) is 1. The lowest BCUT2D eigenvalue weighted by Crippen LogP contribution is -2.28. The summed E-state index contributed by atoms with van der Waals surface area (Å²) in [4.78, 5) is 0. The quantitative estimate of drug-likeness (QED) is 0.416. The summed E-state index contributed by atoms with van der Waals surface area (Å²) in [6, 6.07) is 10.2. The van der Waals surface area contributed by atoms with Crippen LogP contribution in [0.15, 0.2) is 36.5 Å². The van der Waals surface area contributed by atoms with Crippen LogP contribution in [0.25, 0.3) is 10.9 Å². The smallest absolute Gasteiger partial charge is 0.200 e. The van der Waals surface area contributed by atoms with E-state index in [1.54, 1.807) is 0 Å². The monoisotopic (exact) mass is 168 g/mol. The summed E-state index contributed by atoms with van der Waals surface area (Å²) in [5.74, 6) is 2.64. The van der Waals surface area contributed by atoms with E-state index in [0.29, 0.717) is 0 Å². The molecule has 1 aromatic heterocycles. The number of terminal acetylenes is 1. The number of benzene rings is 1. The van der Waals surface area contributed by atoms with Crippen molar-refractivity contribution < 1.29 is 4.57 Å². The first-order valence-electron chi connectivity index (χ1n) is 4.16. The van der Waals surface area contributed by atoms with E-state index in [2.05, 4.69) is 18.1 Å². The normalized spacial score (nSPS) is 9.85. The van der Waals surface area contributed by atoms with Crippen molar-refractivity contribution in [1.82, 2.24) is 0 Å². The second kappa shape index (κ2) is 2.91. The number of hydrogen-bond acceptors (Lipinski definition) is 0. The van der Waals surface area contributed by atoms with Crippen LogP contribution in [-0.4, -0.2) is 0 Å². The predicted molar refractivity (Wildman–Crippen MR) is 53.1 cm³/mol. The molecule has 1 heterocycles. The van der Waals surface area contributed by atoms with Crippen LogP contribution >= 0.6 is 0 Å².